The van der Waals surface area contributed by atoms with E-state index < -0.39 is 0 Å². The fourth-order valence-electron chi connectivity index (χ4n) is 2.33. The van der Waals surface area contributed by atoms with Crippen LogP contribution in [-0.4, -0.2) is 5.78 Å². The Bertz CT molecular complexity index is 225. The standard InChI is InChI=1S/C10H14O/c1-7-3-2-4-9-8(7)5-6-10(9)11/h7H,2-6H2,1H3. The molecule has 1 heteroatoms. The molecule has 0 N–H and O–H groups in total. The van der Waals surface area contributed by atoms with Crippen molar-refractivity contribution in [3.05, 3.63) is 11.1 Å². The molecule has 0 spiro atoms. The SMILES string of the molecule is CC1CCCC2=C1CCC2=O. The average molecular weight is 150 g/mol. The number of rotatable bonds is 0. The van der Waals surface area contributed by atoms with E-state index >= 15 is 0 Å². The Kier molecular flexibility index (Phi) is 1.59. The van der Waals surface area contributed by atoms with Crippen molar-refractivity contribution in [2.75, 3.05) is 0 Å². The first-order valence-electron chi connectivity index (χ1n) is 4.54. The maximum absolute atomic E-state index is 11.3. The summed E-state index contributed by atoms with van der Waals surface area (Å²) in [6.45, 7) is 2.26. The first-order valence-corrected chi connectivity index (χ1v) is 4.54. The van der Waals surface area contributed by atoms with E-state index in [1.54, 1.807) is 0 Å². The third kappa shape index (κ3) is 1.03. The van der Waals surface area contributed by atoms with Gasteiger partial charge in [0.1, 0.15) is 0 Å². The second-order valence-corrected chi connectivity index (χ2v) is 3.72. The van der Waals surface area contributed by atoms with Crippen LogP contribution in [0.3, 0.4) is 0 Å². The molecule has 2 aliphatic carbocycles. The van der Waals surface area contributed by atoms with Crippen molar-refractivity contribution >= 4 is 5.78 Å². The molecule has 0 heterocycles. The van der Waals surface area contributed by atoms with Crippen molar-refractivity contribution < 1.29 is 4.79 Å². The second kappa shape index (κ2) is 2.47. The largest absolute Gasteiger partial charge is 0.295 e. The molecule has 0 bridgehead atoms. The van der Waals surface area contributed by atoms with Gasteiger partial charge in [0.2, 0.25) is 0 Å². The molecule has 0 aromatic heterocycles. The van der Waals surface area contributed by atoms with Crippen LogP contribution in [0.2, 0.25) is 0 Å². The van der Waals surface area contributed by atoms with Crippen LogP contribution < -0.4 is 0 Å². The zero-order valence-corrected chi connectivity index (χ0v) is 7.02. The maximum atomic E-state index is 11.3. The van der Waals surface area contributed by atoms with E-state index in [1.807, 2.05) is 0 Å². The first kappa shape index (κ1) is 7.08. The Morgan fingerprint density at radius 3 is 2.82 bits per heavy atom. The van der Waals surface area contributed by atoms with Gasteiger partial charge in [0.05, 0.1) is 0 Å². The van der Waals surface area contributed by atoms with Gasteiger partial charge in [-0.25, -0.2) is 0 Å². The van der Waals surface area contributed by atoms with Crippen molar-refractivity contribution in [1.29, 1.82) is 0 Å². The van der Waals surface area contributed by atoms with Crippen LogP contribution in [0.25, 0.3) is 0 Å². The van der Waals surface area contributed by atoms with Crippen LogP contribution in [0.5, 0.6) is 0 Å². The predicted molar refractivity (Wildman–Crippen MR) is 44.3 cm³/mol. The lowest BCUT2D eigenvalue weighted by atomic mass is 9.85. The Balaban J connectivity index is 2.33. The van der Waals surface area contributed by atoms with Gasteiger partial charge in [0, 0.05) is 6.42 Å². The van der Waals surface area contributed by atoms with Crippen molar-refractivity contribution in [3.63, 3.8) is 0 Å². The highest BCUT2D eigenvalue weighted by molar-refractivity contribution is 5.98. The summed E-state index contributed by atoms with van der Waals surface area (Å²) in [5.74, 6) is 1.14. The molecule has 0 saturated carbocycles. The molecular weight excluding hydrogens is 136 g/mol. The van der Waals surface area contributed by atoms with Crippen LogP contribution in [-0.2, 0) is 4.79 Å². The fraction of sp³-hybridized carbons (Fsp3) is 0.700. The molecule has 2 rings (SSSR count). The molecule has 0 aromatic rings. The number of Topliss-reactive ketones (excluding diaryl/α,β-unsaturated/α-hetero) is 1. The Morgan fingerprint density at radius 2 is 2.09 bits per heavy atom. The molecule has 11 heavy (non-hydrogen) atoms. The highest BCUT2D eigenvalue weighted by Gasteiger charge is 2.28. The van der Waals surface area contributed by atoms with Gasteiger partial charge in [0.15, 0.2) is 5.78 Å². The molecule has 0 aliphatic heterocycles. The lowest BCUT2D eigenvalue weighted by molar-refractivity contribution is -0.115. The van der Waals surface area contributed by atoms with Gasteiger partial charge in [-0.2, -0.15) is 0 Å². The third-order valence-electron chi connectivity index (χ3n) is 3.00. The third-order valence-corrected chi connectivity index (χ3v) is 3.00. The number of carbonyl (C=O) groups excluding carboxylic acids is 1. The highest BCUT2D eigenvalue weighted by atomic mass is 16.1. The van der Waals surface area contributed by atoms with Crippen LogP contribution in [0.15, 0.2) is 11.1 Å². The molecule has 0 radical (unpaired) electrons. The minimum atomic E-state index is 0.437. The van der Waals surface area contributed by atoms with Crippen molar-refractivity contribution in [3.8, 4) is 0 Å². The molecule has 2 aliphatic rings. The molecular formula is C10H14O. The summed E-state index contributed by atoms with van der Waals surface area (Å²) in [5, 5.41) is 0. The monoisotopic (exact) mass is 150 g/mol. The lowest BCUT2D eigenvalue weighted by Gasteiger charge is -2.19. The summed E-state index contributed by atoms with van der Waals surface area (Å²) < 4.78 is 0. The molecule has 1 nitrogen and oxygen atoms in total. The van der Waals surface area contributed by atoms with E-state index in [-0.39, 0.29) is 0 Å². The molecule has 0 amide bonds. The van der Waals surface area contributed by atoms with E-state index in [1.165, 1.54) is 24.0 Å². The normalized spacial score (nSPS) is 31.0. The van der Waals surface area contributed by atoms with Gasteiger partial charge < -0.3 is 0 Å². The van der Waals surface area contributed by atoms with Crippen molar-refractivity contribution in [1.82, 2.24) is 0 Å². The quantitative estimate of drug-likeness (QED) is 0.518. The van der Waals surface area contributed by atoms with Gasteiger partial charge in [-0.3, -0.25) is 4.79 Å². The molecule has 1 unspecified atom stereocenters. The summed E-state index contributed by atoms with van der Waals surface area (Å²) in [6.07, 6.45) is 5.46. The summed E-state index contributed by atoms with van der Waals surface area (Å²) in [5.41, 5.74) is 2.69. The Morgan fingerprint density at radius 1 is 1.27 bits per heavy atom. The highest BCUT2D eigenvalue weighted by Crippen LogP contribution is 2.38. The summed E-state index contributed by atoms with van der Waals surface area (Å²) in [4.78, 5) is 11.3. The van der Waals surface area contributed by atoms with Gasteiger partial charge in [-0.15, -0.1) is 0 Å². The van der Waals surface area contributed by atoms with E-state index in [9.17, 15) is 4.79 Å². The lowest BCUT2D eigenvalue weighted by Crippen LogP contribution is -2.07. The second-order valence-electron chi connectivity index (χ2n) is 3.72. The molecule has 0 fully saturated rings. The summed E-state index contributed by atoms with van der Waals surface area (Å²) >= 11 is 0. The maximum Gasteiger partial charge on any atom is 0.159 e. The van der Waals surface area contributed by atoms with E-state index in [4.69, 9.17) is 0 Å². The van der Waals surface area contributed by atoms with Gasteiger partial charge in [-0.1, -0.05) is 12.5 Å². The smallest absolute Gasteiger partial charge is 0.159 e. The molecule has 0 aromatic carbocycles. The van der Waals surface area contributed by atoms with Crippen molar-refractivity contribution in [2.45, 2.75) is 39.0 Å². The average Bonchev–Trinajstić information content (AvgIpc) is 2.35. The number of allylic oxidation sites excluding steroid dienone is 2. The van der Waals surface area contributed by atoms with E-state index in [0.29, 0.717) is 11.7 Å². The number of ketones is 1. The Hall–Kier alpha value is -0.590. The van der Waals surface area contributed by atoms with E-state index in [2.05, 4.69) is 6.92 Å². The topological polar surface area (TPSA) is 17.1 Å². The Labute approximate surface area is 67.5 Å². The number of hydrogen-bond acceptors (Lipinski definition) is 1. The summed E-state index contributed by atoms with van der Waals surface area (Å²) in [7, 11) is 0. The minimum Gasteiger partial charge on any atom is -0.295 e. The van der Waals surface area contributed by atoms with Crippen LogP contribution in [0, 0.1) is 5.92 Å². The predicted octanol–water partition coefficient (Wildman–Crippen LogP) is 2.47. The van der Waals surface area contributed by atoms with Gasteiger partial charge >= 0.3 is 0 Å². The number of carbonyl (C=O) groups is 1. The minimum absolute atomic E-state index is 0.437. The van der Waals surface area contributed by atoms with Crippen LogP contribution >= 0.6 is 0 Å². The van der Waals surface area contributed by atoms with Crippen molar-refractivity contribution in [2.24, 2.45) is 5.92 Å². The van der Waals surface area contributed by atoms with Crippen LogP contribution in [0.1, 0.15) is 39.0 Å². The molecule has 1 atom stereocenters. The number of hydrogen-bond donors (Lipinski definition) is 0. The molecule has 60 valence electrons. The fourth-order valence-corrected chi connectivity index (χ4v) is 2.33. The zero-order chi connectivity index (χ0) is 7.84. The van der Waals surface area contributed by atoms with E-state index in [0.717, 1.165) is 19.3 Å². The molecule has 0 saturated heterocycles. The van der Waals surface area contributed by atoms with Gasteiger partial charge in [-0.05, 0) is 37.2 Å². The zero-order valence-electron chi connectivity index (χ0n) is 7.02. The first-order chi connectivity index (χ1) is 5.29. The van der Waals surface area contributed by atoms with Gasteiger partial charge in [0.25, 0.3) is 0 Å². The van der Waals surface area contributed by atoms with Crippen LogP contribution in [0.4, 0.5) is 0 Å². The summed E-state index contributed by atoms with van der Waals surface area (Å²) in [6, 6.07) is 0.